The molecule has 0 rings (SSSR count). The third-order valence-corrected chi connectivity index (χ3v) is 3.45. The second-order valence-corrected chi connectivity index (χ2v) is 7.58. The molecule has 1 N–H and O–H groups in total. The van der Waals surface area contributed by atoms with Crippen molar-refractivity contribution in [3.63, 3.8) is 0 Å². The molecule has 2 amide bonds. The summed E-state index contributed by atoms with van der Waals surface area (Å²) in [7, 11) is 0. The molecule has 0 aliphatic carbocycles. The van der Waals surface area contributed by atoms with Gasteiger partial charge in [0.2, 0.25) is 5.91 Å². The molecular weight excluding hydrogens is 324 g/mol. The second-order valence-electron chi connectivity index (χ2n) is 7.58. The third kappa shape index (κ3) is 9.74. The summed E-state index contributed by atoms with van der Waals surface area (Å²) in [5.41, 5.74) is -0.730. The van der Waals surface area contributed by atoms with E-state index in [2.05, 4.69) is 11.9 Å². The van der Waals surface area contributed by atoms with E-state index in [-0.39, 0.29) is 24.6 Å². The standard InChI is InChI=1S/C18H32N2O5/c1-13(2)15(22)24-12-10-19-16(23)25-18(7,8)9-11-20(14(3)21)17(4,5)6/h1,9-12H2,2-8H3,(H,19,23). The summed E-state index contributed by atoms with van der Waals surface area (Å²) in [6.07, 6.45) is -0.0939. The highest BCUT2D eigenvalue weighted by atomic mass is 16.6. The number of nitrogens with zero attached hydrogens (tertiary/aromatic N) is 1. The van der Waals surface area contributed by atoms with Gasteiger partial charge in [-0.2, -0.15) is 0 Å². The number of nitrogens with one attached hydrogen (secondary N) is 1. The second kappa shape index (κ2) is 9.44. The Morgan fingerprint density at radius 3 is 2.08 bits per heavy atom. The molecule has 0 aromatic carbocycles. The van der Waals surface area contributed by atoms with Gasteiger partial charge in [-0.05, 0) is 41.5 Å². The maximum atomic E-state index is 11.8. The van der Waals surface area contributed by atoms with Gasteiger partial charge in [-0.1, -0.05) is 6.58 Å². The maximum absolute atomic E-state index is 11.8. The predicted octanol–water partition coefficient (Wildman–Crippen LogP) is 2.65. The highest BCUT2D eigenvalue weighted by molar-refractivity contribution is 5.86. The minimum absolute atomic E-state index is 0.0212. The van der Waals surface area contributed by atoms with Crippen molar-refractivity contribution in [2.24, 2.45) is 0 Å². The van der Waals surface area contributed by atoms with Crippen LogP contribution in [-0.2, 0) is 19.1 Å². The molecule has 0 bridgehead atoms. The van der Waals surface area contributed by atoms with E-state index in [1.54, 1.807) is 25.7 Å². The van der Waals surface area contributed by atoms with Crippen LogP contribution in [-0.4, -0.2) is 53.7 Å². The molecule has 0 fully saturated rings. The Labute approximate surface area is 150 Å². The summed E-state index contributed by atoms with van der Waals surface area (Å²) in [6, 6.07) is 0. The lowest BCUT2D eigenvalue weighted by Crippen LogP contribution is -2.47. The molecule has 0 aromatic rings. The van der Waals surface area contributed by atoms with Gasteiger partial charge in [0.1, 0.15) is 12.2 Å². The van der Waals surface area contributed by atoms with Gasteiger partial charge in [-0.15, -0.1) is 0 Å². The van der Waals surface area contributed by atoms with Crippen molar-refractivity contribution in [1.82, 2.24) is 10.2 Å². The van der Waals surface area contributed by atoms with Crippen LogP contribution in [0.4, 0.5) is 4.79 Å². The summed E-state index contributed by atoms with van der Waals surface area (Å²) in [5.74, 6) is -0.519. The van der Waals surface area contributed by atoms with E-state index in [9.17, 15) is 14.4 Å². The molecule has 7 nitrogen and oxygen atoms in total. The van der Waals surface area contributed by atoms with Crippen molar-refractivity contribution >= 4 is 18.0 Å². The molecule has 0 unspecified atom stereocenters. The van der Waals surface area contributed by atoms with Crippen LogP contribution in [0.1, 0.15) is 54.9 Å². The first-order chi connectivity index (χ1) is 11.3. The van der Waals surface area contributed by atoms with Crippen LogP contribution in [0.3, 0.4) is 0 Å². The summed E-state index contributed by atoms with van der Waals surface area (Å²) < 4.78 is 10.3. The van der Waals surface area contributed by atoms with Gasteiger partial charge in [0.15, 0.2) is 0 Å². The van der Waals surface area contributed by atoms with Crippen molar-refractivity contribution in [3.05, 3.63) is 12.2 Å². The van der Waals surface area contributed by atoms with Gasteiger partial charge in [-0.25, -0.2) is 9.59 Å². The molecule has 25 heavy (non-hydrogen) atoms. The number of amides is 2. The summed E-state index contributed by atoms with van der Waals surface area (Å²) in [6.45, 7) is 16.7. The van der Waals surface area contributed by atoms with E-state index in [1.165, 1.54) is 6.92 Å². The molecule has 0 saturated heterocycles. The number of alkyl carbamates (subject to hydrolysis) is 1. The lowest BCUT2D eigenvalue weighted by molar-refractivity contribution is -0.139. The first-order valence-electron chi connectivity index (χ1n) is 8.34. The van der Waals surface area contributed by atoms with E-state index in [1.807, 2.05) is 20.8 Å². The van der Waals surface area contributed by atoms with Gasteiger partial charge in [0.25, 0.3) is 0 Å². The zero-order chi connectivity index (χ0) is 19.8. The average Bonchev–Trinajstić information content (AvgIpc) is 2.40. The highest BCUT2D eigenvalue weighted by Gasteiger charge is 2.29. The molecule has 0 aliphatic heterocycles. The Balaban J connectivity index is 4.33. The van der Waals surface area contributed by atoms with Gasteiger partial charge < -0.3 is 19.7 Å². The smallest absolute Gasteiger partial charge is 0.407 e. The van der Waals surface area contributed by atoms with Crippen LogP contribution in [0.5, 0.6) is 0 Å². The lowest BCUT2D eigenvalue weighted by atomic mass is 10.0. The minimum atomic E-state index is -0.739. The first kappa shape index (κ1) is 22.9. The van der Waals surface area contributed by atoms with Crippen molar-refractivity contribution in [2.75, 3.05) is 19.7 Å². The van der Waals surface area contributed by atoms with Crippen LogP contribution in [0.25, 0.3) is 0 Å². The van der Waals surface area contributed by atoms with Crippen molar-refractivity contribution in [2.45, 2.75) is 66.0 Å². The maximum Gasteiger partial charge on any atom is 0.407 e. The molecule has 0 saturated carbocycles. The SMILES string of the molecule is C=C(C)C(=O)OCCNC(=O)OC(C)(C)CCN(C(C)=O)C(C)(C)C. The summed E-state index contributed by atoms with van der Waals surface area (Å²) in [5, 5.41) is 2.53. The van der Waals surface area contributed by atoms with E-state index < -0.39 is 17.7 Å². The van der Waals surface area contributed by atoms with Crippen LogP contribution < -0.4 is 5.32 Å². The quantitative estimate of drug-likeness (QED) is 0.410. The van der Waals surface area contributed by atoms with Crippen molar-refractivity contribution < 1.29 is 23.9 Å². The normalized spacial score (nSPS) is 11.5. The van der Waals surface area contributed by atoms with Gasteiger partial charge in [0.05, 0.1) is 6.54 Å². The number of esters is 1. The number of carbonyl (C=O) groups is 3. The summed E-state index contributed by atoms with van der Waals surface area (Å²) in [4.78, 5) is 36.6. The fourth-order valence-electron chi connectivity index (χ4n) is 2.10. The molecule has 0 aliphatic rings. The fraction of sp³-hybridized carbons (Fsp3) is 0.722. The van der Waals surface area contributed by atoms with Gasteiger partial charge in [0, 0.05) is 31.0 Å². The zero-order valence-electron chi connectivity index (χ0n) is 16.5. The van der Waals surface area contributed by atoms with E-state index >= 15 is 0 Å². The molecule has 0 aromatic heterocycles. The monoisotopic (exact) mass is 356 g/mol. The third-order valence-electron chi connectivity index (χ3n) is 3.45. The number of hydrogen-bond donors (Lipinski definition) is 1. The molecular formula is C18H32N2O5. The molecule has 0 radical (unpaired) electrons. The number of ether oxygens (including phenoxy) is 2. The Morgan fingerprint density at radius 1 is 1.08 bits per heavy atom. The largest absolute Gasteiger partial charge is 0.460 e. The summed E-state index contributed by atoms with van der Waals surface area (Å²) >= 11 is 0. The van der Waals surface area contributed by atoms with E-state index in [0.29, 0.717) is 18.5 Å². The highest BCUT2D eigenvalue weighted by Crippen LogP contribution is 2.20. The Hall–Kier alpha value is -2.05. The Morgan fingerprint density at radius 2 is 1.64 bits per heavy atom. The predicted molar refractivity (Wildman–Crippen MR) is 96.1 cm³/mol. The number of rotatable bonds is 8. The Bertz CT molecular complexity index is 506. The molecule has 0 spiro atoms. The van der Waals surface area contributed by atoms with E-state index in [0.717, 1.165) is 0 Å². The van der Waals surface area contributed by atoms with Crippen LogP contribution in [0.15, 0.2) is 12.2 Å². The minimum Gasteiger partial charge on any atom is -0.460 e. The fourth-order valence-corrected chi connectivity index (χ4v) is 2.10. The number of hydrogen-bond acceptors (Lipinski definition) is 5. The number of carbonyl (C=O) groups excluding carboxylic acids is 3. The van der Waals surface area contributed by atoms with Crippen molar-refractivity contribution in [1.29, 1.82) is 0 Å². The average molecular weight is 356 g/mol. The van der Waals surface area contributed by atoms with E-state index in [4.69, 9.17) is 9.47 Å². The molecule has 0 heterocycles. The van der Waals surface area contributed by atoms with Crippen LogP contribution >= 0.6 is 0 Å². The topological polar surface area (TPSA) is 84.9 Å². The Kier molecular flexibility index (Phi) is 8.66. The van der Waals surface area contributed by atoms with Crippen LogP contribution in [0.2, 0.25) is 0 Å². The zero-order valence-corrected chi connectivity index (χ0v) is 16.5. The van der Waals surface area contributed by atoms with Gasteiger partial charge >= 0.3 is 12.1 Å². The van der Waals surface area contributed by atoms with Crippen molar-refractivity contribution in [3.8, 4) is 0 Å². The molecule has 7 heteroatoms. The lowest BCUT2D eigenvalue weighted by Gasteiger charge is -2.37. The molecule has 144 valence electrons. The molecule has 0 atom stereocenters. The van der Waals surface area contributed by atoms with Crippen LogP contribution in [0, 0.1) is 0 Å². The first-order valence-corrected chi connectivity index (χ1v) is 8.34. The van der Waals surface area contributed by atoms with Gasteiger partial charge in [-0.3, -0.25) is 4.79 Å².